The van der Waals surface area contributed by atoms with Gasteiger partial charge in [-0.1, -0.05) is 23.6 Å². The molecule has 0 saturated heterocycles. The van der Waals surface area contributed by atoms with Gasteiger partial charge in [-0.2, -0.15) is 0 Å². The van der Waals surface area contributed by atoms with Gasteiger partial charge in [-0.25, -0.2) is 0 Å². The highest BCUT2D eigenvalue weighted by Gasteiger charge is 2.23. The Morgan fingerprint density at radius 1 is 1.30 bits per heavy atom. The first-order valence-electron chi connectivity index (χ1n) is 6.68. The van der Waals surface area contributed by atoms with Gasteiger partial charge in [-0.3, -0.25) is 9.59 Å². The summed E-state index contributed by atoms with van der Waals surface area (Å²) >= 11 is 1.29. The number of amides is 1. The maximum Gasteiger partial charge on any atom is 0.251 e. The minimum Gasteiger partial charge on any atom is -0.349 e. The van der Waals surface area contributed by atoms with Crippen molar-refractivity contribution in [2.45, 2.75) is 32.2 Å². The van der Waals surface area contributed by atoms with Gasteiger partial charge in [0.15, 0.2) is 5.12 Å². The van der Waals surface area contributed by atoms with Gasteiger partial charge in [-0.15, -0.1) is 0 Å². The number of rotatable bonds is 4. The van der Waals surface area contributed by atoms with Gasteiger partial charge in [0.05, 0.1) is 0 Å². The van der Waals surface area contributed by atoms with Crippen LogP contribution in [0.3, 0.4) is 0 Å². The minimum atomic E-state index is -0.00938. The Labute approximate surface area is 123 Å². The highest BCUT2D eigenvalue weighted by molar-refractivity contribution is 8.13. The van der Waals surface area contributed by atoms with Crippen molar-refractivity contribution in [3.05, 3.63) is 35.4 Å². The smallest absolute Gasteiger partial charge is 0.251 e. The maximum absolute atomic E-state index is 11.8. The largest absolute Gasteiger partial charge is 0.349 e. The van der Waals surface area contributed by atoms with Crippen LogP contribution in [0, 0.1) is 11.8 Å². The second kappa shape index (κ2) is 7.16. The molecule has 1 saturated carbocycles. The molecule has 1 fully saturated rings. The van der Waals surface area contributed by atoms with Crippen molar-refractivity contribution in [1.29, 1.82) is 0 Å². The third-order valence-corrected chi connectivity index (χ3v) is 3.64. The van der Waals surface area contributed by atoms with E-state index in [1.54, 1.807) is 19.1 Å². The molecule has 3 nitrogen and oxygen atoms in total. The Hall–Kier alpha value is -1.73. The molecule has 1 N–H and O–H groups in total. The number of carbonyl (C=O) groups is 2. The lowest BCUT2D eigenvalue weighted by molar-refractivity contribution is -0.109. The molecule has 0 aromatic heterocycles. The topological polar surface area (TPSA) is 46.2 Å². The average Bonchev–Trinajstić information content (AvgIpc) is 3.22. The first kappa shape index (κ1) is 14.7. The third kappa shape index (κ3) is 5.10. The first-order chi connectivity index (χ1) is 9.65. The van der Waals surface area contributed by atoms with Crippen LogP contribution in [0.15, 0.2) is 24.3 Å². The number of hydrogen-bond acceptors (Lipinski definition) is 3. The molecule has 1 aromatic rings. The van der Waals surface area contributed by atoms with Crippen LogP contribution in [0.2, 0.25) is 0 Å². The van der Waals surface area contributed by atoms with E-state index in [1.165, 1.54) is 11.8 Å². The van der Waals surface area contributed by atoms with E-state index in [2.05, 4.69) is 17.2 Å². The molecule has 1 amide bonds. The molecule has 1 aliphatic carbocycles. The summed E-state index contributed by atoms with van der Waals surface area (Å²) in [7, 11) is 0. The summed E-state index contributed by atoms with van der Waals surface area (Å²) < 4.78 is 0. The Morgan fingerprint density at radius 2 is 2.00 bits per heavy atom. The first-order valence-corrected chi connectivity index (χ1v) is 7.67. The molecule has 0 atom stereocenters. The lowest BCUT2D eigenvalue weighted by Gasteiger charge is -2.02. The lowest BCUT2D eigenvalue weighted by Crippen LogP contribution is -2.25. The molecule has 0 radical (unpaired) electrons. The zero-order valence-electron chi connectivity index (χ0n) is 11.4. The molecule has 1 aliphatic rings. The van der Waals surface area contributed by atoms with E-state index in [0.29, 0.717) is 18.0 Å². The molecular formula is C16H17NO2S. The fraction of sp³-hybridized carbons (Fsp3) is 0.375. The van der Waals surface area contributed by atoms with Crippen LogP contribution in [-0.4, -0.2) is 22.8 Å². The standard InChI is InChI=1S/C16H17NO2S/c1-12(18)20-11-3-2-4-13-5-7-14(8-6-13)16(19)17-15-9-10-15/h5-8,15H,3,9-11H2,1H3,(H,17,19). The quantitative estimate of drug-likeness (QED) is 0.684. The van der Waals surface area contributed by atoms with Gasteiger partial charge < -0.3 is 5.32 Å². The molecular weight excluding hydrogens is 270 g/mol. The average molecular weight is 287 g/mol. The minimum absolute atomic E-state index is 0.00938. The molecule has 4 heteroatoms. The molecule has 2 rings (SSSR count). The van der Waals surface area contributed by atoms with E-state index in [0.717, 1.165) is 24.2 Å². The Kier molecular flexibility index (Phi) is 5.25. The van der Waals surface area contributed by atoms with Crippen molar-refractivity contribution in [2.75, 3.05) is 5.75 Å². The summed E-state index contributed by atoms with van der Waals surface area (Å²) in [5.41, 5.74) is 1.57. The van der Waals surface area contributed by atoms with Gasteiger partial charge in [0, 0.05) is 36.3 Å². The highest BCUT2D eigenvalue weighted by Crippen LogP contribution is 2.19. The predicted molar refractivity (Wildman–Crippen MR) is 81.6 cm³/mol. The van der Waals surface area contributed by atoms with Gasteiger partial charge in [0.25, 0.3) is 5.91 Å². The zero-order valence-corrected chi connectivity index (χ0v) is 12.3. The van der Waals surface area contributed by atoms with E-state index in [4.69, 9.17) is 0 Å². The summed E-state index contributed by atoms with van der Waals surface area (Å²) in [6, 6.07) is 7.68. The molecule has 20 heavy (non-hydrogen) atoms. The highest BCUT2D eigenvalue weighted by atomic mass is 32.2. The van der Waals surface area contributed by atoms with Gasteiger partial charge >= 0.3 is 0 Å². The number of hydrogen-bond donors (Lipinski definition) is 1. The van der Waals surface area contributed by atoms with E-state index in [1.807, 2.05) is 12.1 Å². The van der Waals surface area contributed by atoms with Crippen LogP contribution in [0.25, 0.3) is 0 Å². The van der Waals surface area contributed by atoms with Crippen LogP contribution in [0.5, 0.6) is 0 Å². The monoisotopic (exact) mass is 287 g/mol. The van der Waals surface area contributed by atoms with Gasteiger partial charge in [0.2, 0.25) is 0 Å². The Bertz CT molecular complexity index is 550. The molecule has 0 unspecified atom stereocenters. The Morgan fingerprint density at radius 3 is 2.60 bits per heavy atom. The SMILES string of the molecule is CC(=O)SCCC#Cc1ccc(C(=O)NC2CC2)cc1. The molecule has 0 aliphatic heterocycles. The van der Waals surface area contributed by atoms with Gasteiger partial charge in [-0.05, 0) is 37.1 Å². The summed E-state index contributed by atoms with van der Waals surface area (Å²) in [5, 5.41) is 3.07. The maximum atomic E-state index is 11.8. The molecule has 0 spiro atoms. The number of thioether (sulfide) groups is 1. The van der Waals surface area contributed by atoms with Crippen molar-refractivity contribution in [3.8, 4) is 11.8 Å². The second-order valence-corrected chi connectivity index (χ2v) is 5.99. The summed E-state index contributed by atoms with van der Waals surface area (Å²) in [5.74, 6) is 6.77. The van der Waals surface area contributed by atoms with Crippen molar-refractivity contribution < 1.29 is 9.59 Å². The van der Waals surface area contributed by atoms with Crippen LogP contribution in [-0.2, 0) is 4.79 Å². The lowest BCUT2D eigenvalue weighted by atomic mass is 10.1. The van der Waals surface area contributed by atoms with Crippen LogP contribution in [0.4, 0.5) is 0 Å². The predicted octanol–water partition coefficient (Wildman–Crippen LogP) is 2.60. The van der Waals surface area contributed by atoms with Gasteiger partial charge in [0.1, 0.15) is 0 Å². The fourth-order valence-corrected chi connectivity index (χ4v) is 2.10. The number of nitrogens with one attached hydrogen (secondary N) is 1. The van der Waals surface area contributed by atoms with Crippen molar-refractivity contribution >= 4 is 22.8 Å². The number of carbonyl (C=O) groups excluding carboxylic acids is 2. The Balaban J connectivity index is 1.83. The van der Waals surface area contributed by atoms with Crippen molar-refractivity contribution in [2.24, 2.45) is 0 Å². The summed E-state index contributed by atoms with van der Waals surface area (Å²) in [4.78, 5) is 22.5. The van der Waals surface area contributed by atoms with Crippen LogP contribution in [0.1, 0.15) is 42.1 Å². The van der Waals surface area contributed by atoms with E-state index in [-0.39, 0.29) is 11.0 Å². The van der Waals surface area contributed by atoms with E-state index >= 15 is 0 Å². The molecule has 0 heterocycles. The van der Waals surface area contributed by atoms with E-state index < -0.39 is 0 Å². The molecule has 1 aromatic carbocycles. The number of benzene rings is 1. The van der Waals surface area contributed by atoms with Crippen molar-refractivity contribution in [1.82, 2.24) is 5.32 Å². The normalized spacial score (nSPS) is 13.2. The molecule has 0 bridgehead atoms. The zero-order chi connectivity index (χ0) is 14.4. The fourth-order valence-electron chi connectivity index (χ4n) is 1.61. The summed E-state index contributed by atoms with van der Waals surface area (Å²) in [6.07, 6.45) is 2.87. The molecule has 104 valence electrons. The van der Waals surface area contributed by atoms with Crippen LogP contribution < -0.4 is 5.32 Å². The second-order valence-electron chi connectivity index (χ2n) is 4.72. The third-order valence-electron chi connectivity index (χ3n) is 2.82. The summed E-state index contributed by atoms with van der Waals surface area (Å²) in [6.45, 7) is 1.56. The van der Waals surface area contributed by atoms with Crippen LogP contribution >= 0.6 is 11.8 Å². The van der Waals surface area contributed by atoms with E-state index in [9.17, 15) is 9.59 Å². The van der Waals surface area contributed by atoms with Crippen molar-refractivity contribution in [3.63, 3.8) is 0 Å².